The number of carbonyl (C=O) groups excluding carboxylic acids is 1. The fourth-order valence-corrected chi connectivity index (χ4v) is 1.18. The van der Waals surface area contributed by atoms with E-state index >= 15 is 0 Å². The fourth-order valence-electron chi connectivity index (χ4n) is 1.06. The first kappa shape index (κ1) is 11.1. The van der Waals surface area contributed by atoms with Crippen molar-refractivity contribution in [1.82, 2.24) is 0 Å². The molecule has 0 fully saturated rings. The summed E-state index contributed by atoms with van der Waals surface area (Å²) in [6, 6.07) is 1.87. The van der Waals surface area contributed by atoms with Gasteiger partial charge in [-0.25, -0.2) is 8.78 Å². The van der Waals surface area contributed by atoms with Crippen LogP contribution in [0.2, 0.25) is 0 Å². The van der Waals surface area contributed by atoms with Crippen molar-refractivity contribution >= 4 is 17.4 Å². The molecule has 1 aromatic carbocycles. The Morgan fingerprint density at radius 3 is 2.43 bits per heavy atom. The number of hydrogen-bond acceptors (Lipinski definition) is 1. The third kappa shape index (κ3) is 2.10. The lowest BCUT2D eigenvalue weighted by atomic mass is 10.0. The molecule has 0 aromatic heterocycles. The van der Waals surface area contributed by atoms with Crippen LogP contribution in [0.4, 0.5) is 8.78 Å². The number of ketones is 1. The van der Waals surface area contributed by atoms with Gasteiger partial charge < -0.3 is 0 Å². The third-order valence-corrected chi connectivity index (χ3v) is 2.07. The maximum Gasteiger partial charge on any atom is 0.183 e. The van der Waals surface area contributed by atoms with Crippen molar-refractivity contribution in [2.24, 2.45) is 0 Å². The Kier molecular flexibility index (Phi) is 3.21. The van der Waals surface area contributed by atoms with E-state index in [0.717, 1.165) is 0 Å². The van der Waals surface area contributed by atoms with Gasteiger partial charge in [0.2, 0.25) is 0 Å². The molecule has 0 radical (unpaired) electrons. The van der Waals surface area contributed by atoms with Gasteiger partial charge in [0.1, 0.15) is 11.6 Å². The number of halogens is 3. The highest BCUT2D eigenvalue weighted by Crippen LogP contribution is 2.17. The minimum Gasteiger partial charge on any atom is -0.292 e. The first-order chi connectivity index (χ1) is 6.43. The van der Waals surface area contributed by atoms with Gasteiger partial charge in [0, 0.05) is 6.07 Å². The maximum atomic E-state index is 13.1. The van der Waals surface area contributed by atoms with E-state index < -0.39 is 22.8 Å². The number of alkyl halides is 1. The number of benzene rings is 1. The quantitative estimate of drug-likeness (QED) is 0.551. The molecule has 0 spiro atoms. The SMILES string of the molecule is Cc1cc(C(=O)C(C)Cl)c(F)cc1F. The molecule has 0 heterocycles. The van der Waals surface area contributed by atoms with Gasteiger partial charge >= 0.3 is 0 Å². The summed E-state index contributed by atoms with van der Waals surface area (Å²) in [6.07, 6.45) is 0. The molecule has 0 aliphatic rings. The summed E-state index contributed by atoms with van der Waals surface area (Å²) in [6.45, 7) is 2.91. The molecule has 0 N–H and O–H groups in total. The van der Waals surface area contributed by atoms with Crippen LogP contribution in [0.5, 0.6) is 0 Å². The van der Waals surface area contributed by atoms with Crippen molar-refractivity contribution in [3.05, 3.63) is 34.9 Å². The van der Waals surface area contributed by atoms with Gasteiger partial charge in [0.25, 0.3) is 0 Å². The number of carbonyl (C=O) groups is 1. The van der Waals surface area contributed by atoms with E-state index in [-0.39, 0.29) is 11.1 Å². The lowest BCUT2D eigenvalue weighted by Gasteiger charge is -2.05. The molecule has 0 bridgehead atoms. The summed E-state index contributed by atoms with van der Waals surface area (Å²) >= 11 is 5.52. The highest BCUT2D eigenvalue weighted by molar-refractivity contribution is 6.33. The molecule has 4 heteroatoms. The van der Waals surface area contributed by atoms with Crippen LogP contribution >= 0.6 is 11.6 Å². The summed E-state index contributed by atoms with van der Waals surface area (Å²) in [5.41, 5.74) is 0.0680. The predicted molar refractivity (Wildman–Crippen MR) is 50.7 cm³/mol. The van der Waals surface area contributed by atoms with E-state index in [1.165, 1.54) is 19.9 Å². The number of hydrogen-bond donors (Lipinski definition) is 0. The van der Waals surface area contributed by atoms with E-state index in [4.69, 9.17) is 11.6 Å². The number of Topliss-reactive ketones (excluding diaryl/α,β-unsaturated/α-hetero) is 1. The van der Waals surface area contributed by atoms with Crippen LogP contribution in [0.3, 0.4) is 0 Å². The molecule has 1 unspecified atom stereocenters. The summed E-state index contributed by atoms with van der Waals surface area (Å²) in [7, 11) is 0. The third-order valence-electron chi connectivity index (χ3n) is 1.88. The summed E-state index contributed by atoms with van der Waals surface area (Å²) in [4.78, 5) is 11.3. The van der Waals surface area contributed by atoms with Gasteiger partial charge in [0.05, 0.1) is 10.9 Å². The fraction of sp³-hybridized carbons (Fsp3) is 0.300. The van der Waals surface area contributed by atoms with E-state index in [1.807, 2.05) is 0 Å². The van der Waals surface area contributed by atoms with E-state index in [2.05, 4.69) is 0 Å². The average molecular weight is 219 g/mol. The van der Waals surface area contributed by atoms with Crippen molar-refractivity contribution in [2.45, 2.75) is 19.2 Å². The van der Waals surface area contributed by atoms with Crippen molar-refractivity contribution in [3.63, 3.8) is 0 Å². The Bertz CT molecular complexity index is 375. The van der Waals surface area contributed by atoms with Crippen molar-refractivity contribution in [1.29, 1.82) is 0 Å². The minimum absolute atomic E-state index is 0.161. The molecule has 14 heavy (non-hydrogen) atoms. The topological polar surface area (TPSA) is 17.1 Å². The Labute approximate surface area is 85.7 Å². The molecular formula is C10H9ClF2O. The second-order valence-electron chi connectivity index (χ2n) is 3.06. The minimum atomic E-state index is -0.870. The molecule has 1 nitrogen and oxygen atoms in total. The van der Waals surface area contributed by atoms with Crippen molar-refractivity contribution in [2.75, 3.05) is 0 Å². The molecule has 0 saturated heterocycles. The smallest absolute Gasteiger partial charge is 0.183 e. The molecule has 0 amide bonds. The second kappa shape index (κ2) is 4.05. The zero-order valence-corrected chi connectivity index (χ0v) is 8.53. The van der Waals surface area contributed by atoms with Crippen molar-refractivity contribution in [3.8, 4) is 0 Å². The number of rotatable bonds is 2. The molecule has 0 aliphatic heterocycles. The van der Waals surface area contributed by atoms with Gasteiger partial charge in [-0.3, -0.25) is 4.79 Å². The van der Waals surface area contributed by atoms with Crippen molar-refractivity contribution < 1.29 is 13.6 Å². The Morgan fingerprint density at radius 2 is 1.93 bits per heavy atom. The summed E-state index contributed by atoms with van der Waals surface area (Å²) < 4.78 is 26.0. The monoisotopic (exact) mass is 218 g/mol. The van der Waals surface area contributed by atoms with Gasteiger partial charge in [-0.15, -0.1) is 11.6 Å². The number of aryl methyl sites for hydroxylation is 1. The second-order valence-corrected chi connectivity index (χ2v) is 3.72. The van der Waals surface area contributed by atoms with E-state index in [1.54, 1.807) is 0 Å². The molecule has 1 atom stereocenters. The molecule has 1 rings (SSSR count). The lowest BCUT2D eigenvalue weighted by Crippen LogP contribution is -2.13. The van der Waals surface area contributed by atoms with Gasteiger partial charge in [-0.1, -0.05) is 0 Å². The highest BCUT2D eigenvalue weighted by atomic mass is 35.5. The Balaban J connectivity index is 3.22. The zero-order valence-electron chi connectivity index (χ0n) is 7.77. The molecule has 76 valence electrons. The van der Waals surface area contributed by atoms with E-state index in [9.17, 15) is 13.6 Å². The molecule has 1 aromatic rings. The predicted octanol–water partition coefficient (Wildman–Crippen LogP) is 3.08. The lowest BCUT2D eigenvalue weighted by molar-refractivity contribution is 0.0987. The summed E-state index contributed by atoms with van der Waals surface area (Å²) in [5, 5.41) is -0.811. The van der Waals surface area contributed by atoms with Gasteiger partial charge in [-0.05, 0) is 25.5 Å². The first-order valence-corrected chi connectivity index (χ1v) is 4.51. The molecule has 0 aliphatic carbocycles. The summed E-state index contributed by atoms with van der Waals surface area (Å²) in [5.74, 6) is -2.07. The standard InChI is InChI=1S/C10H9ClF2O/c1-5-3-7(10(14)6(2)11)9(13)4-8(5)12/h3-4,6H,1-2H3. The molecular weight excluding hydrogens is 210 g/mol. The Hall–Kier alpha value is -0.960. The van der Waals surface area contributed by atoms with Gasteiger partial charge in [-0.2, -0.15) is 0 Å². The highest BCUT2D eigenvalue weighted by Gasteiger charge is 2.18. The van der Waals surface area contributed by atoms with Crippen LogP contribution in [0, 0.1) is 18.6 Å². The average Bonchev–Trinajstić information content (AvgIpc) is 2.10. The van der Waals surface area contributed by atoms with Gasteiger partial charge in [0.15, 0.2) is 5.78 Å². The normalized spacial score (nSPS) is 12.6. The first-order valence-electron chi connectivity index (χ1n) is 4.07. The molecule has 0 saturated carbocycles. The van der Waals surface area contributed by atoms with Crippen LogP contribution in [-0.4, -0.2) is 11.2 Å². The van der Waals surface area contributed by atoms with Crippen LogP contribution in [0.1, 0.15) is 22.8 Å². The van der Waals surface area contributed by atoms with Crippen LogP contribution in [0.15, 0.2) is 12.1 Å². The van der Waals surface area contributed by atoms with E-state index in [0.29, 0.717) is 6.07 Å². The van der Waals surface area contributed by atoms with Crippen LogP contribution in [0.25, 0.3) is 0 Å². The maximum absolute atomic E-state index is 13.1. The Morgan fingerprint density at radius 1 is 1.36 bits per heavy atom. The largest absolute Gasteiger partial charge is 0.292 e. The van der Waals surface area contributed by atoms with Crippen LogP contribution in [-0.2, 0) is 0 Å². The van der Waals surface area contributed by atoms with Crippen LogP contribution < -0.4 is 0 Å². The zero-order chi connectivity index (χ0) is 10.9.